The van der Waals surface area contributed by atoms with Crippen molar-refractivity contribution in [2.75, 3.05) is 13.1 Å². The number of amides is 3. The number of nitrogens with zero attached hydrogens (tertiary/aromatic N) is 2. The first-order valence-corrected chi connectivity index (χ1v) is 23.0. The van der Waals surface area contributed by atoms with Crippen molar-refractivity contribution < 1.29 is 32.6 Å². The van der Waals surface area contributed by atoms with E-state index in [1.807, 2.05) is 37.3 Å². The van der Waals surface area contributed by atoms with E-state index in [2.05, 4.69) is 40.3 Å². The smallest absolute Gasteiger partial charge is 0.408 e. The summed E-state index contributed by atoms with van der Waals surface area (Å²) < 4.78 is 33.4. The normalized spacial score (nSPS) is 30.9. The molecule has 13 nitrogen and oxygen atoms in total. The lowest BCUT2D eigenvalue weighted by atomic mass is 9.48. The molecule has 2 aromatic carbocycles. The highest BCUT2D eigenvalue weighted by molar-refractivity contribution is 7.90. The van der Waals surface area contributed by atoms with E-state index in [9.17, 15) is 27.9 Å². The molecule has 59 heavy (non-hydrogen) atoms. The van der Waals surface area contributed by atoms with Gasteiger partial charge in [0.15, 0.2) is 0 Å². The van der Waals surface area contributed by atoms with Crippen LogP contribution in [0.5, 0.6) is 0 Å². The van der Waals surface area contributed by atoms with Crippen LogP contribution in [0.4, 0.5) is 4.79 Å². The first-order valence-electron chi connectivity index (χ1n) is 21.5. The molecule has 3 amide bonds. The van der Waals surface area contributed by atoms with Crippen molar-refractivity contribution in [2.24, 2.45) is 39.3 Å². The van der Waals surface area contributed by atoms with Crippen molar-refractivity contribution in [3.63, 3.8) is 0 Å². The SMILES string of the molecule is Cc1ccc(S(=O)(=O)NC(N)=NCCCC(NC(=O)OCc2ccccc2)C(=O)N2CCCC2C(=O)NC2CCC3C4CC=C5CC(O)CCC5(C)C4CCC23C)cc1. The summed E-state index contributed by atoms with van der Waals surface area (Å²) in [5.41, 5.74) is 9.22. The van der Waals surface area contributed by atoms with Gasteiger partial charge >= 0.3 is 6.09 Å². The van der Waals surface area contributed by atoms with Crippen molar-refractivity contribution >= 4 is 33.9 Å². The maximum absolute atomic E-state index is 14.3. The van der Waals surface area contributed by atoms with Gasteiger partial charge < -0.3 is 31.1 Å². The number of benzene rings is 2. The molecule has 1 heterocycles. The molecule has 7 rings (SSSR count). The van der Waals surface area contributed by atoms with Gasteiger partial charge in [-0.15, -0.1) is 0 Å². The summed E-state index contributed by atoms with van der Waals surface area (Å²) in [5.74, 6) is 0.851. The Labute approximate surface area is 349 Å². The Balaban J connectivity index is 0.992. The van der Waals surface area contributed by atoms with Crippen LogP contribution in [-0.4, -0.2) is 79.6 Å². The first kappa shape index (κ1) is 42.7. The molecule has 0 spiro atoms. The predicted molar refractivity (Wildman–Crippen MR) is 225 cm³/mol. The highest BCUT2D eigenvalue weighted by Crippen LogP contribution is 2.64. The molecule has 0 radical (unpaired) electrons. The zero-order chi connectivity index (χ0) is 42.0. The number of aliphatic hydroxyl groups excluding tert-OH is 1. The van der Waals surface area contributed by atoms with Crippen LogP contribution >= 0.6 is 0 Å². The molecule has 6 N–H and O–H groups in total. The minimum atomic E-state index is -3.93. The lowest BCUT2D eigenvalue weighted by molar-refractivity contribution is -0.140. The number of fused-ring (bicyclic) bond motifs is 5. The topological polar surface area (TPSA) is 193 Å². The van der Waals surface area contributed by atoms with Crippen molar-refractivity contribution in [2.45, 2.75) is 134 Å². The van der Waals surface area contributed by atoms with Gasteiger partial charge in [0.25, 0.3) is 10.0 Å². The van der Waals surface area contributed by atoms with Gasteiger partial charge in [0.05, 0.1) is 11.0 Å². The zero-order valence-electron chi connectivity index (χ0n) is 34.7. The number of carbonyl (C=O) groups excluding carboxylic acids is 3. The zero-order valence-corrected chi connectivity index (χ0v) is 35.5. The molecule has 1 saturated heterocycles. The Bertz CT molecular complexity index is 2030. The summed E-state index contributed by atoms with van der Waals surface area (Å²) in [4.78, 5) is 47.5. The third kappa shape index (κ3) is 9.18. The second-order valence-electron chi connectivity index (χ2n) is 18.1. The maximum Gasteiger partial charge on any atom is 0.408 e. The minimum absolute atomic E-state index is 0.0125. The highest BCUT2D eigenvalue weighted by Gasteiger charge is 2.59. The van der Waals surface area contributed by atoms with E-state index in [1.54, 1.807) is 17.0 Å². The van der Waals surface area contributed by atoms with Crippen LogP contribution in [-0.2, 0) is 31.0 Å². The molecule has 5 aliphatic rings. The number of hydrogen-bond donors (Lipinski definition) is 5. The van der Waals surface area contributed by atoms with Gasteiger partial charge in [0.1, 0.15) is 18.7 Å². The molecule has 0 aromatic heterocycles. The Morgan fingerprint density at radius 1 is 1.00 bits per heavy atom. The van der Waals surface area contributed by atoms with E-state index < -0.39 is 28.2 Å². The van der Waals surface area contributed by atoms with Crippen molar-refractivity contribution in [3.05, 3.63) is 77.4 Å². The molecular weight excluding hydrogens is 769 g/mol. The second-order valence-corrected chi connectivity index (χ2v) is 19.8. The molecule has 0 bridgehead atoms. The average Bonchev–Trinajstić information content (AvgIpc) is 3.83. The molecule has 14 heteroatoms. The van der Waals surface area contributed by atoms with Crippen molar-refractivity contribution in [1.29, 1.82) is 0 Å². The van der Waals surface area contributed by atoms with E-state index in [4.69, 9.17) is 10.5 Å². The number of ether oxygens (including phenoxy) is 1. The molecular formula is C45H62N6O7S. The van der Waals surface area contributed by atoms with Crippen molar-refractivity contribution in [1.82, 2.24) is 20.3 Å². The number of allylic oxidation sites excluding steroid dienone is 1. The fourth-order valence-electron chi connectivity index (χ4n) is 11.3. The van der Waals surface area contributed by atoms with Gasteiger partial charge in [-0.1, -0.05) is 73.5 Å². The highest BCUT2D eigenvalue weighted by atomic mass is 32.2. The number of sulfonamides is 1. The number of carbonyl (C=O) groups is 3. The number of nitrogens with two attached hydrogens (primary N) is 1. The van der Waals surface area contributed by atoms with Crippen molar-refractivity contribution in [3.8, 4) is 0 Å². The summed E-state index contributed by atoms with van der Waals surface area (Å²) in [6.45, 7) is 7.13. The molecule has 2 aromatic rings. The number of aliphatic hydroxyl groups is 1. The number of aliphatic imine (C=N–C) groups is 1. The molecule has 9 atom stereocenters. The summed E-state index contributed by atoms with van der Waals surface area (Å²) in [6, 6.07) is 13.9. The van der Waals surface area contributed by atoms with Crippen LogP contribution < -0.4 is 21.1 Å². The number of nitrogens with one attached hydrogen (secondary N) is 3. The quantitative estimate of drug-likeness (QED) is 0.0806. The minimum Gasteiger partial charge on any atom is -0.445 e. The summed E-state index contributed by atoms with van der Waals surface area (Å²) >= 11 is 0. The standard InChI is InChI=1S/C45H62N6O7S/c1-29-13-16-33(17-14-29)59(56,57)50-42(46)47-25-7-11-37(48-43(55)58-28-30-9-5-4-6-10-30)41(54)51-26-8-12-38(51)40(53)49-39-20-19-35-34-18-15-31-27-32(52)21-23-44(31,2)36(34)22-24-45(35,39)3/h4-6,9-10,13-17,32,34-39,52H,7-8,11-12,18-28H2,1-3H3,(H,48,55)(H,49,53)(H3,46,47,50). The lowest BCUT2D eigenvalue weighted by Gasteiger charge is -2.58. The van der Waals surface area contributed by atoms with Crippen LogP contribution in [0.3, 0.4) is 0 Å². The van der Waals surface area contributed by atoms with Gasteiger partial charge in [-0.25, -0.2) is 17.9 Å². The number of hydrogen-bond acceptors (Lipinski definition) is 8. The number of alkyl carbamates (subject to hydrolysis) is 1. The largest absolute Gasteiger partial charge is 0.445 e. The third-order valence-electron chi connectivity index (χ3n) is 14.5. The molecule has 4 aliphatic carbocycles. The predicted octanol–water partition coefficient (Wildman–Crippen LogP) is 5.46. The average molecular weight is 831 g/mol. The van der Waals surface area contributed by atoms with Gasteiger partial charge in [-0.05, 0) is 130 Å². The first-order chi connectivity index (χ1) is 28.2. The molecule has 4 fully saturated rings. The fraction of sp³-hybridized carbons (Fsp3) is 0.600. The van der Waals surface area contributed by atoms with E-state index in [-0.39, 0.29) is 71.6 Å². The summed E-state index contributed by atoms with van der Waals surface area (Å²) in [5, 5.41) is 16.6. The summed E-state index contributed by atoms with van der Waals surface area (Å²) in [6.07, 6.45) is 10.9. The van der Waals surface area contributed by atoms with Crippen LogP contribution in [0.15, 0.2) is 76.1 Å². The second kappa shape index (κ2) is 17.7. The molecule has 320 valence electrons. The van der Waals surface area contributed by atoms with Gasteiger partial charge in [0.2, 0.25) is 17.8 Å². The number of likely N-dealkylation sites (tertiary alicyclic amines) is 1. The molecule has 1 aliphatic heterocycles. The monoisotopic (exact) mass is 830 g/mol. The lowest BCUT2D eigenvalue weighted by Crippen LogP contribution is -2.57. The Morgan fingerprint density at radius 2 is 1.76 bits per heavy atom. The van der Waals surface area contributed by atoms with Crippen LogP contribution in [0.25, 0.3) is 0 Å². The number of rotatable bonds is 12. The van der Waals surface area contributed by atoms with E-state index >= 15 is 0 Å². The van der Waals surface area contributed by atoms with E-state index in [1.165, 1.54) is 17.7 Å². The molecule has 9 unspecified atom stereocenters. The number of guanidine groups is 1. The van der Waals surface area contributed by atoms with Crippen LogP contribution in [0, 0.1) is 35.5 Å². The van der Waals surface area contributed by atoms with Crippen LogP contribution in [0.2, 0.25) is 0 Å². The molecule has 3 saturated carbocycles. The Hall–Kier alpha value is -4.43. The number of aryl methyl sites for hydroxylation is 1. The van der Waals surface area contributed by atoms with E-state index in [0.29, 0.717) is 37.1 Å². The van der Waals surface area contributed by atoms with Gasteiger partial charge in [0, 0.05) is 19.1 Å². The van der Waals surface area contributed by atoms with Gasteiger partial charge in [-0.2, -0.15) is 0 Å². The summed E-state index contributed by atoms with van der Waals surface area (Å²) in [7, 11) is -3.93. The van der Waals surface area contributed by atoms with Gasteiger partial charge in [-0.3, -0.25) is 14.6 Å². The Kier molecular flexibility index (Phi) is 12.8. The van der Waals surface area contributed by atoms with E-state index in [0.717, 1.165) is 62.5 Å². The fourth-order valence-corrected chi connectivity index (χ4v) is 12.2. The maximum atomic E-state index is 14.3. The van der Waals surface area contributed by atoms with Crippen LogP contribution in [0.1, 0.15) is 102 Å². The third-order valence-corrected chi connectivity index (χ3v) is 15.9. The Morgan fingerprint density at radius 3 is 2.53 bits per heavy atom.